The number of aromatic nitrogens is 3. The minimum Gasteiger partial charge on any atom is -0.497 e. The summed E-state index contributed by atoms with van der Waals surface area (Å²) in [5.41, 5.74) is 3.62. The molecule has 0 radical (unpaired) electrons. The van der Waals surface area contributed by atoms with Crippen molar-refractivity contribution in [2.75, 3.05) is 32.7 Å². The summed E-state index contributed by atoms with van der Waals surface area (Å²) < 4.78 is 20.6. The lowest BCUT2D eigenvalue weighted by molar-refractivity contribution is -0.117. The number of fused-ring (bicyclic) bond motifs is 1. The number of aliphatic hydroxyl groups is 1. The predicted octanol–water partition coefficient (Wildman–Crippen LogP) is 5.26. The van der Waals surface area contributed by atoms with E-state index in [2.05, 4.69) is 53.1 Å². The molecule has 49 heavy (non-hydrogen) atoms. The molecule has 6 atom stereocenters. The van der Waals surface area contributed by atoms with Crippen molar-refractivity contribution in [1.82, 2.24) is 20.3 Å². The third kappa shape index (κ3) is 7.45. The van der Waals surface area contributed by atoms with Gasteiger partial charge < -0.3 is 30.0 Å². The molecule has 2 aliphatic heterocycles. The summed E-state index contributed by atoms with van der Waals surface area (Å²) in [6.45, 7) is 8.50. The van der Waals surface area contributed by atoms with Gasteiger partial charge in [0, 0.05) is 37.0 Å². The Morgan fingerprint density at radius 1 is 1.12 bits per heavy atom. The van der Waals surface area contributed by atoms with Crippen molar-refractivity contribution < 1.29 is 24.1 Å². The van der Waals surface area contributed by atoms with Gasteiger partial charge in [-0.3, -0.25) is 9.48 Å². The maximum absolute atomic E-state index is 12.9. The molecule has 3 heterocycles. The number of amides is 1. The van der Waals surface area contributed by atoms with Crippen molar-refractivity contribution >= 4 is 24.9 Å². The van der Waals surface area contributed by atoms with E-state index < -0.39 is 8.07 Å². The summed E-state index contributed by atoms with van der Waals surface area (Å²) in [5.74, 6) is 1.40. The van der Waals surface area contributed by atoms with Crippen molar-refractivity contribution in [3.05, 3.63) is 95.8 Å². The molecule has 2 unspecified atom stereocenters. The molecule has 0 aliphatic carbocycles. The van der Waals surface area contributed by atoms with Crippen LogP contribution in [-0.4, -0.2) is 73.6 Å². The molecular formula is C38H49N5O5Si. The number of rotatable bonds is 13. The Morgan fingerprint density at radius 3 is 2.57 bits per heavy atom. The zero-order chi connectivity index (χ0) is 34.5. The molecule has 4 aromatic rings. The van der Waals surface area contributed by atoms with Crippen molar-refractivity contribution in [3.8, 4) is 11.5 Å². The van der Waals surface area contributed by atoms with Gasteiger partial charge in [-0.25, -0.2) is 0 Å². The van der Waals surface area contributed by atoms with Crippen LogP contribution in [0.15, 0.2) is 79.0 Å². The number of carbonyl (C=O) groups excluding carboxylic acids is 1. The van der Waals surface area contributed by atoms with Crippen LogP contribution in [0.2, 0.25) is 18.6 Å². The van der Waals surface area contributed by atoms with E-state index >= 15 is 0 Å². The standard InChI is InChI=1S/C38H49N5O5Si/c1-25-36(47-3)30-22-27(40-38(45)32-12-9-20-39-32)13-18-34(30)48-37(25)35(49(4,5)29-16-14-28(46-2)15-17-29)19-21-43-23-33(41-42-43)31(24-44)26-10-7-6-8-11-26/h6-8,10-11,13-18,22-23,25,31-32,35-37,39,44H,9,12,19-21,24H2,1-5H3,(H,40,45)/t25-,31?,32-,35?,36-,37-/m1/s1. The fourth-order valence-electron chi connectivity index (χ4n) is 7.67. The van der Waals surface area contributed by atoms with Crippen LogP contribution in [0.4, 0.5) is 5.69 Å². The number of carbonyl (C=O) groups is 1. The molecule has 1 aromatic heterocycles. The Balaban J connectivity index is 1.28. The van der Waals surface area contributed by atoms with Gasteiger partial charge in [-0.1, -0.05) is 72.9 Å². The number of nitrogens with one attached hydrogen (secondary N) is 2. The maximum atomic E-state index is 12.9. The van der Waals surface area contributed by atoms with E-state index in [1.165, 1.54) is 5.19 Å². The minimum absolute atomic E-state index is 0.00767. The second kappa shape index (κ2) is 15.2. The van der Waals surface area contributed by atoms with Crippen molar-refractivity contribution in [2.45, 2.75) is 75.5 Å². The molecule has 1 fully saturated rings. The molecule has 1 saturated heterocycles. The van der Waals surface area contributed by atoms with Crippen LogP contribution < -0.4 is 25.3 Å². The number of aliphatic hydroxyl groups excluding tert-OH is 1. The molecule has 11 heteroatoms. The van der Waals surface area contributed by atoms with E-state index in [0.717, 1.165) is 59.8 Å². The van der Waals surface area contributed by atoms with E-state index in [1.807, 2.05) is 71.5 Å². The molecule has 3 aromatic carbocycles. The number of aryl methyl sites for hydroxylation is 1. The fraction of sp³-hybridized carbons (Fsp3) is 0.447. The first-order valence-corrected chi connectivity index (χ1v) is 20.4. The Bertz CT molecular complexity index is 1690. The van der Waals surface area contributed by atoms with Crippen LogP contribution in [0, 0.1) is 5.92 Å². The second-order valence-corrected chi connectivity index (χ2v) is 18.6. The lowest BCUT2D eigenvalue weighted by atomic mass is 9.86. The van der Waals surface area contributed by atoms with Gasteiger partial charge in [0.25, 0.3) is 0 Å². The van der Waals surface area contributed by atoms with Crippen molar-refractivity contribution in [3.63, 3.8) is 0 Å². The Kier molecular flexibility index (Phi) is 10.8. The normalized spacial score (nSPS) is 21.8. The van der Waals surface area contributed by atoms with Crippen LogP contribution >= 0.6 is 0 Å². The third-order valence-corrected chi connectivity index (χ3v) is 14.9. The van der Waals surface area contributed by atoms with Gasteiger partial charge in [0.1, 0.15) is 17.6 Å². The molecule has 260 valence electrons. The summed E-state index contributed by atoms with van der Waals surface area (Å²) in [4.78, 5) is 12.9. The number of benzene rings is 3. The molecule has 0 spiro atoms. The summed E-state index contributed by atoms with van der Waals surface area (Å²) in [5, 5.41) is 26.9. The minimum atomic E-state index is -2.22. The van der Waals surface area contributed by atoms with E-state index in [9.17, 15) is 9.90 Å². The highest BCUT2D eigenvalue weighted by Crippen LogP contribution is 2.48. The van der Waals surface area contributed by atoms with E-state index in [4.69, 9.17) is 14.2 Å². The number of hydrogen-bond donors (Lipinski definition) is 3. The zero-order valence-corrected chi connectivity index (χ0v) is 30.1. The molecular weight excluding hydrogens is 635 g/mol. The highest BCUT2D eigenvalue weighted by Gasteiger charge is 2.47. The topological polar surface area (TPSA) is 120 Å². The molecule has 2 aliphatic rings. The van der Waals surface area contributed by atoms with Crippen LogP contribution in [0.25, 0.3) is 0 Å². The van der Waals surface area contributed by atoms with Gasteiger partial charge in [0.2, 0.25) is 5.91 Å². The Hall–Kier alpha value is -4.03. The molecule has 3 N–H and O–H groups in total. The number of methoxy groups -OCH3 is 2. The van der Waals surface area contributed by atoms with Gasteiger partial charge in [0.15, 0.2) is 0 Å². The van der Waals surface area contributed by atoms with E-state index in [1.54, 1.807) is 14.2 Å². The molecule has 0 saturated carbocycles. The average molecular weight is 684 g/mol. The maximum Gasteiger partial charge on any atom is 0.241 e. The van der Waals surface area contributed by atoms with Gasteiger partial charge in [-0.2, -0.15) is 0 Å². The summed E-state index contributed by atoms with van der Waals surface area (Å²) in [6.07, 6.45) is 4.27. The van der Waals surface area contributed by atoms with Crippen LogP contribution in [0.5, 0.6) is 11.5 Å². The monoisotopic (exact) mass is 683 g/mol. The summed E-state index contributed by atoms with van der Waals surface area (Å²) in [6, 6.07) is 24.1. The highest BCUT2D eigenvalue weighted by molar-refractivity contribution is 6.91. The van der Waals surface area contributed by atoms with Crippen molar-refractivity contribution in [2.24, 2.45) is 5.92 Å². The lowest BCUT2D eigenvalue weighted by Crippen LogP contribution is -2.54. The molecule has 1 amide bonds. The first kappa shape index (κ1) is 34.8. The first-order chi connectivity index (χ1) is 23.7. The van der Waals surface area contributed by atoms with Crippen LogP contribution in [0.3, 0.4) is 0 Å². The highest BCUT2D eigenvalue weighted by atomic mass is 28.3. The van der Waals surface area contributed by atoms with Gasteiger partial charge >= 0.3 is 0 Å². The second-order valence-electron chi connectivity index (χ2n) is 13.9. The quantitative estimate of drug-likeness (QED) is 0.163. The van der Waals surface area contributed by atoms with Crippen LogP contribution in [-0.2, 0) is 16.1 Å². The predicted molar refractivity (Wildman–Crippen MR) is 193 cm³/mol. The summed E-state index contributed by atoms with van der Waals surface area (Å²) >= 11 is 0. The fourth-order valence-corrected chi connectivity index (χ4v) is 11.2. The van der Waals surface area contributed by atoms with Gasteiger partial charge in [0.05, 0.1) is 45.5 Å². The van der Waals surface area contributed by atoms with E-state index in [-0.39, 0.29) is 48.1 Å². The Labute approximate surface area is 290 Å². The first-order valence-electron chi connectivity index (χ1n) is 17.3. The van der Waals surface area contributed by atoms with Crippen LogP contribution in [0.1, 0.15) is 55.0 Å². The molecule has 0 bridgehead atoms. The largest absolute Gasteiger partial charge is 0.497 e. The molecule has 6 rings (SSSR count). The summed E-state index contributed by atoms with van der Waals surface area (Å²) in [7, 11) is 1.23. The van der Waals surface area contributed by atoms with Gasteiger partial charge in [-0.05, 0) is 67.2 Å². The van der Waals surface area contributed by atoms with Crippen molar-refractivity contribution in [1.29, 1.82) is 0 Å². The van der Waals surface area contributed by atoms with Gasteiger partial charge in [-0.15, -0.1) is 5.10 Å². The lowest BCUT2D eigenvalue weighted by Gasteiger charge is -2.46. The van der Waals surface area contributed by atoms with E-state index in [0.29, 0.717) is 6.54 Å². The zero-order valence-electron chi connectivity index (χ0n) is 29.1. The third-order valence-electron chi connectivity index (χ3n) is 10.6. The number of hydrogen-bond acceptors (Lipinski definition) is 8. The number of anilines is 1. The molecule has 10 nitrogen and oxygen atoms in total. The average Bonchev–Trinajstić information content (AvgIpc) is 3.83. The smallest absolute Gasteiger partial charge is 0.241 e. The number of nitrogens with zero attached hydrogens (tertiary/aromatic N) is 3. The number of ether oxygens (including phenoxy) is 3. The Morgan fingerprint density at radius 2 is 1.90 bits per heavy atom. The SMILES string of the molecule is COc1ccc([Si](C)(C)C(CCn2cc(C(CO)c3ccccc3)nn2)[C@@H]2Oc3ccc(NC(=O)[C@H]4CCCN4)cc3[C@H](OC)[C@H]2C)cc1.